The van der Waals surface area contributed by atoms with E-state index in [1.165, 1.54) is 0 Å². The topological polar surface area (TPSA) is 88.0 Å². The summed E-state index contributed by atoms with van der Waals surface area (Å²) < 4.78 is 0. The number of carboxylic acids is 1. The summed E-state index contributed by atoms with van der Waals surface area (Å²) in [6.07, 6.45) is 0.640. The number of carboxylic acid groups (broad SMARTS) is 1. The molecule has 0 saturated carbocycles. The van der Waals surface area contributed by atoms with Crippen LogP contribution in [-0.2, 0) is 4.79 Å². The van der Waals surface area contributed by atoms with Crippen molar-refractivity contribution in [1.29, 1.82) is 0 Å². The van der Waals surface area contributed by atoms with Crippen molar-refractivity contribution in [1.82, 2.24) is 15.2 Å². The van der Waals surface area contributed by atoms with Crippen molar-refractivity contribution < 1.29 is 9.90 Å². The van der Waals surface area contributed by atoms with Crippen LogP contribution >= 0.6 is 0 Å². The number of fused-ring (bicyclic) bond motifs is 1. The van der Waals surface area contributed by atoms with E-state index < -0.39 is 5.97 Å². The number of aromatic nitrogens is 3. The molecule has 94 valence electrons. The van der Waals surface area contributed by atoms with Gasteiger partial charge in [-0.2, -0.15) is 0 Å². The van der Waals surface area contributed by atoms with Gasteiger partial charge in [0.05, 0.1) is 5.52 Å². The Morgan fingerprint density at radius 2 is 2.06 bits per heavy atom. The van der Waals surface area contributed by atoms with E-state index in [-0.39, 0.29) is 12.5 Å². The number of hydrogen-bond acceptors (Lipinski definition) is 5. The fraction of sp³-hybridized carbons (Fsp3) is 0.333. The van der Waals surface area contributed by atoms with Crippen molar-refractivity contribution in [3.05, 3.63) is 24.3 Å². The minimum Gasteiger partial charge on any atom is -0.481 e. The molecule has 1 unspecified atom stereocenters. The first-order valence-electron chi connectivity index (χ1n) is 5.73. The van der Waals surface area contributed by atoms with E-state index in [4.69, 9.17) is 5.11 Å². The molecule has 1 aromatic heterocycles. The maximum absolute atomic E-state index is 10.5. The number of carbonyl (C=O) groups is 1. The number of rotatable bonds is 5. The largest absolute Gasteiger partial charge is 0.481 e. The van der Waals surface area contributed by atoms with Gasteiger partial charge in [-0.05, 0) is 25.5 Å². The number of anilines is 1. The highest BCUT2D eigenvalue weighted by molar-refractivity contribution is 5.74. The SMILES string of the molecule is CC(CCC(=O)O)Nc1nnc2ccccc2n1. The Kier molecular flexibility index (Phi) is 3.66. The van der Waals surface area contributed by atoms with Crippen LogP contribution in [0.2, 0.25) is 0 Å². The molecule has 6 nitrogen and oxygen atoms in total. The normalized spacial score (nSPS) is 12.3. The lowest BCUT2D eigenvalue weighted by Crippen LogP contribution is -2.18. The first-order chi connectivity index (χ1) is 8.65. The Hall–Kier alpha value is -2.24. The number of benzene rings is 1. The second-order valence-corrected chi connectivity index (χ2v) is 4.10. The summed E-state index contributed by atoms with van der Waals surface area (Å²) in [5.41, 5.74) is 1.50. The minimum atomic E-state index is -0.804. The van der Waals surface area contributed by atoms with E-state index in [2.05, 4.69) is 20.5 Å². The average Bonchev–Trinajstić information content (AvgIpc) is 2.36. The Bertz CT molecular complexity index is 559. The molecule has 18 heavy (non-hydrogen) atoms. The molecule has 0 fully saturated rings. The van der Waals surface area contributed by atoms with Crippen LogP contribution in [0.3, 0.4) is 0 Å². The lowest BCUT2D eigenvalue weighted by Gasteiger charge is -2.11. The molecule has 0 aliphatic carbocycles. The molecule has 2 aromatic rings. The smallest absolute Gasteiger partial charge is 0.303 e. The highest BCUT2D eigenvalue weighted by Gasteiger charge is 2.07. The van der Waals surface area contributed by atoms with Gasteiger partial charge in [0.25, 0.3) is 0 Å². The molecule has 0 aliphatic rings. The molecule has 0 bridgehead atoms. The summed E-state index contributed by atoms with van der Waals surface area (Å²) in [7, 11) is 0. The first-order valence-corrected chi connectivity index (χ1v) is 5.73. The van der Waals surface area contributed by atoms with E-state index in [1.54, 1.807) is 0 Å². The molecular formula is C12H14N4O2. The van der Waals surface area contributed by atoms with Crippen LogP contribution in [0.4, 0.5) is 5.95 Å². The maximum atomic E-state index is 10.5. The monoisotopic (exact) mass is 246 g/mol. The number of nitrogens with one attached hydrogen (secondary N) is 1. The zero-order valence-corrected chi connectivity index (χ0v) is 10.00. The zero-order valence-electron chi connectivity index (χ0n) is 10.00. The lowest BCUT2D eigenvalue weighted by molar-refractivity contribution is -0.137. The molecule has 0 spiro atoms. The molecule has 6 heteroatoms. The van der Waals surface area contributed by atoms with Crippen molar-refractivity contribution in [2.24, 2.45) is 0 Å². The van der Waals surface area contributed by atoms with Gasteiger partial charge in [0.15, 0.2) is 0 Å². The average molecular weight is 246 g/mol. The van der Waals surface area contributed by atoms with E-state index >= 15 is 0 Å². The molecule has 0 aliphatic heterocycles. The minimum absolute atomic E-state index is 0.0101. The van der Waals surface area contributed by atoms with E-state index in [0.717, 1.165) is 11.0 Å². The Morgan fingerprint density at radius 3 is 2.78 bits per heavy atom. The van der Waals surface area contributed by atoms with Gasteiger partial charge in [0.1, 0.15) is 5.52 Å². The molecule has 2 rings (SSSR count). The third-order valence-corrected chi connectivity index (χ3v) is 2.53. The van der Waals surface area contributed by atoms with Gasteiger partial charge in [-0.15, -0.1) is 10.2 Å². The fourth-order valence-electron chi connectivity index (χ4n) is 1.57. The molecule has 0 radical (unpaired) electrons. The molecule has 0 amide bonds. The number of aliphatic carboxylic acids is 1. The summed E-state index contributed by atoms with van der Waals surface area (Å²) in [4.78, 5) is 14.8. The van der Waals surface area contributed by atoms with E-state index in [1.807, 2.05) is 31.2 Å². The summed E-state index contributed by atoms with van der Waals surface area (Å²) in [5, 5.41) is 19.6. The third kappa shape index (κ3) is 3.13. The molecule has 2 N–H and O–H groups in total. The summed E-state index contributed by atoms with van der Waals surface area (Å²) in [6, 6.07) is 7.45. The Morgan fingerprint density at radius 1 is 1.33 bits per heavy atom. The zero-order chi connectivity index (χ0) is 13.0. The van der Waals surface area contributed by atoms with Crippen LogP contribution in [0.15, 0.2) is 24.3 Å². The van der Waals surface area contributed by atoms with E-state index in [0.29, 0.717) is 12.4 Å². The van der Waals surface area contributed by atoms with Gasteiger partial charge in [-0.1, -0.05) is 12.1 Å². The van der Waals surface area contributed by atoms with Crippen molar-refractivity contribution >= 4 is 23.0 Å². The predicted octanol–water partition coefficient (Wildman–Crippen LogP) is 1.69. The number of nitrogens with zero attached hydrogens (tertiary/aromatic N) is 3. The van der Waals surface area contributed by atoms with Crippen molar-refractivity contribution in [3.8, 4) is 0 Å². The van der Waals surface area contributed by atoms with Gasteiger partial charge >= 0.3 is 5.97 Å². The molecule has 1 atom stereocenters. The first kappa shape index (κ1) is 12.2. The molecular weight excluding hydrogens is 232 g/mol. The second kappa shape index (κ2) is 5.39. The van der Waals surface area contributed by atoms with E-state index in [9.17, 15) is 4.79 Å². The van der Waals surface area contributed by atoms with Gasteiger partial charge in [0.2, 0.25) is 5.95 Å². The fourth-order valence-corrected chi connectivity index (χ4v) is 1.57. The van der Waals surface area contributed by atoms with Crippen molar-refractivity contribution in [3.63, 3.8) is 0 Å². The van der Waals surface area contributed by atoms with Crippen molar-refractivity contribution in [2.45, 2.75) is 25.8 Å². The maximum Gasteiger partial charge on any atom is 0.303 e. The highest BCUT2D eigenvalue weighted by atomic mass is 16.4. The molecule has 1 heterocycles. The number of hydrogen-bond donors (Lipinski definition) is 2. The Balaban J connectivity index is 2.05. The van der Waals surface area contributed by atoms with Gasteiger partial charge < -0.3 is 10.4 Å². The van der Waals surface area contributed by atoms with Gasteiger partial charge in [0, 0.05) is 12.5 Å². The van der Waals surface area contributed by atoms with Gasteiger partial charge in [-0.25, -0.2) is 4.98 Å². The Labute approximate surface area is 104 Å². The van der Waals surface area contributed by atoms with Crippen LogP contribution in [0.25, 0.3) is 11.0 Å². The van der Waals surface area contributed by atoms with Crippen molar-refractivity contribution in [2.75, 3.05) is 5.32 Å². The summed E-state index contributed by atoms with van der Waals surface area (Å²) in [5.74, 6) is -0.382. The van der Waals surface area contributed by atoms with Crippen LogP contribution in [-0.4, -0.2) is 32.3 Å². The van der Waals surface area contributed by atoms with Crippen LogP contribution < -0.4 is 5.32 Å². The van der Waals surface area contributed by atoms with Crippen LogP contribution in [0, 0.1) is 0 Å². The van der Waals surface area contributed by atoms with Crippen LogP contribution in [0.1, 0.15) is 19.8 Å². The van der Waals surface area contributed by atoms with Crippen LogP contribution in [0.5, 0.6) is 0 Å². The predicted molar refractivity (Wildman–Crippen MR) is 67.3 cm³/mol. The third-order valence-electron chi connectivity index (χ3n) is 2.53. The summed E-state index contributed by atoms with van der Waals surface area (Å²) >= 11 is 0. The van der Waals surface area contributed by atoms with Gasteiger partial charge in [-0.3, -0.25) is 4.79 Å². The summed E-state index contributed by atoms with van der Waals surface area (Å²) in [6.45, 7) is 1.89. The molecule has 0 saturated heterocycles. The standard InChI is InChI=1S/C12H14N4O2/c1-8(6-7-11(17)18)13-12-14-9-4-2-3-5-10(9)15-16-12/h2-5,8H,6-7H2,1H3,(H,17,18)(H,13,14,16). The lowest BCUT2D eigenvalue weighted by atomic mass is 10.2. The quantitative estimate of drug-likeness (QED) is 0.834. The number of para-hydroxylation sites is 1. The second-order valence-electron chi connectivity index (χ2n) is 4.10. The molecule has 1 aromatic carbocycles. The highest BCUT2D eigenvalue weighted by Crippen LogP contribution is 2.10.